The number of hydrogen-bond acceptors (Lipinski definition) is 4. The molecule has 2 heterocycles. The molecule has 0 aliphatic rings. The van der Waals surface area contributed by atoms with E-state index >= 15 is 0 Å². The summed E-state index contributed by atoms with van der Waals surface area (Å²) in [5.41, 5.74) is 1.78. The fourth-order valence-corrected chi connectivity index (χ4v) is 2.89. The molecule has 6 heteroatoms. The van der Waals surface area contributed by atoms with Gasteiger partial charge in [-0.25, -0.2) is 13.1 Å². The molecule has 0 aliphatic carbocycles. The summed E-state index contributed by atoms with van der Waals surface area (Å²) >= 11 is 1.61. The lowest BCUT2D eigenvalue weighted by Crippen LogP contribution is -2.30. The van der Waals surface area contributed by atoms with Gasteiger partial charge in [-0.1, -0.05) is 6.07 Å². The van der Waals surface area contributed by atoms with E-state index in [9.17, 15) is 8.42 Å². The van der Waals surface area contributed by atoms with Gasteiger partial charge in [0.1, 0.15) is 0 Å². The van der Waals surface area contributed by atoms with Crippen LogP contribution in [-0.2, 0) is 16.6 Å². The summed E-state index contributed by atoms with van der Waals surface area (Å²) in [6.07, 6.45) is 1.70. The average Bonchev–Trinajstić information content (AvgIpc) is 2.90. The second-order valence-electron chi connectivity index (χ2n) is 4.44. The largest absolute Gasteiger partial charge is 0.255 e. The topological polar surface area (TPSA) is 59.1 Å². The lowest BCUT2D eigenvalue weighted by Gasteiger charge is -2.09. The fourth-order valence-electron chi connectivity index (χ4n) is 1.49. The van der Waals surface area contributed by atoms with Gasteiger partial charge in [0.2, 0.25) is 10.0 Å². The van der Waals surface area contributed by atoms with Crippen molar-refractivity contribution in [2.45, 2.75) is 25.6 Å². The third kappa shape index (κ3) is 3.62. The van der Waals surface area contributed by atoms with Crippen molar-refractivity contribution < 1.29 is 8.42 Å². The first-order valence-electron chi connectivity index (χ1n) is 5.96. The van der Waals surface area contributed by atoms with E-state index in [2.05, 4.69) is 9.71 Å². The maximum Gasteiger partial charge on any atom is 0.214 e. The Hall–Kier alpha value is -1.24. The third-order valence-electron chi connectivity index (χ3n) is 2.70. The highest BCUT2D eigenvalue weighted by atomic mass is 32.2. The fraction of sp³-hybridized carbons (Fsp3) is 0.308. The van der Waals surface area contributed by atoms with Crippen molar-refractivity contribution in [3.05, 3.63) is 41.4 Å². The van der Waals surface area contributed by atoms with Gasteiger partial charge in [-0.3, -0.25) is 4.98 Å². The van der Waals surface area contributed by atoms with Crippen LogP contribution in [0.1, 0.15) is 19.4 Å². The van der Waals surface area contributed by atoms with Crippen molar-refractivity contribution >= 4 is 21.4 Å². The monoisotopic (exact) mass is 296 g/mol. The summed E-state index contributed by atoms with van der Waals surface area (Å²) in [6.45, 7) is 3.61. The quantitative estimate of drug-likeness (QED) is 0.922. The first kappa shape index (κ1) is 14.2. The molecule has 2 rings (SSSR count). The number of thiophene rings is 1. The summed E-state index contributed by atoms with van der Waals surface area (Å²) in [7, 11) is -3.23. The van der Waals surface area contributed by atoms with Crippen LogP contribution in [-0.4, -0.2) is 18.7 Å². The van der Waals surface area contributed by atoms with Crippen LogP contribution in [0.3, 0.4) is 0 Å². The van der Waals surface area contributed by atoms with Gasteiger partial charge in [0, 0.05) is 12.7 Å². The molecule has 2 aromatic heterocycles. The zero-order valence-electron chi connectivity index (χ0n) is 10.8. The average molecular weight is 296 g/mol. The molecule has 0 amide bonds. The molecule has 0 saturated carbocycles. The Balaban J connectivity index is 2.13. The van der Waals surface area contributed by atoms with Gasteiger partial charge in [-0.15, -0.1) is 11.3 Å². The second-order valence-corrected chi connectivity index (χ2v) is 7.71. The summed E-state index contributed by atoms with van der Waals surface area (Å²) < 4.78 is 26.0. The highest BCUT2D eigenvalue weighted by Gasteiger charge is 2.14. The van der Waals surface area contributed by atoms with Crippen LogP contribution < -0.4 is 4.72 Å². The van der Waals surface area contributed by atoms with E-state index in [0.29, 0.717) is 6.54 Å². The van der Waals surface area contributed by atoms with Crippen molar-refractivity contribution in [2.24, 2.45) is 0 Å². The highest BCUT2D eigenvalue weighted by molar-refractivity contribution is 7.90. The molecule has 19 heavy (non-hydrogen) atoms. The Bertz CT molecular complexity index is 634. The summed E-state index contributed by atoms with van der Waals surface area (Å²) in [5.74, 6) is 0. The van der Waals surface area contributed by atoms with Crippen molar-refractivity contribution in [1.82, 2.24) is 9.71 Å². The minimum Gasteiger partial charge on any atom is -0.255 e. The lowest BCUT2D eigenvalue weighted by molar-refractivity contribution is 0.572. The number of pyridine rings is 1. The minimum absolute atomic E-state index is 0.293. The molecule has 0 aromatic carbocycles. The van der Waals surface area contributed by atoms with Crippen LogP contribution >= 0.6 is 11.3 Å². The van der Waals surface area contributed by atoms with E-state index in [4.69, 9.17) is 0 Å². The molecule has 4 nitrogen and oxygen atoms in total. The summed E-state index contributed by atoms with van der Waals surface area (Å²) in [6, 6.07) is 7.69. The van der Waals surface area contributed by atoms with Crippen LogP contribution in [0.25, 0.3) is 10.6 Å². The molecule has 0 aliphatic heterocycles. The summed E-state index contributed by atoms with van der Waals surface area (Å²) in [4.78, 5) is 5.37. The highest BCUT2D eigenvalue weighted by Crippen LogP contribution is 2.23. The van der Waals surface area contributed by atoms with E-state index in [1.54, 1.807) is 31.4 Å². The van der Waals surface area contributed by atoms with Gasteiger partial charge in [0.05, 0.1) is 15.8 Å². The molecule has 0 fully saturated rings. The number of rotatable bonds is 5. The van der Waals surface area contributed by atoms with Gasteiger partial charge < -0.3 is 0 Å². The first-order valence-corrected chi connectivity index (χ1v) is 8.39. The predicted molar refractivity (Wildman–Crippen MR) is 78.4 cm³/mol. The lowest BCUT2D eigenvalue weighted by atomic mass is 10.2. The third-order valence-corrected chi connectivity index (χ3v) is 5.38. The molecule has 0 unspecified atom stereocenters. The van der Waals surface area contributed by atoms with Crippen molar-refractivity contribution in [1.29, 1.82) is 0 Å². The van der Waals surface area contributed by atoms with E-state index in [0.717, 1.165) is 16.1 Å². The predicted octanol–water partition coefficient (Wildman–Crippen LogP) is 2.64. The van der Waals surface area contributed by atoms with E-state index < -0.39 is 15.3 Å². The van der Waals surface area contributed by atoms with Crippen LogP contribution in [0.4, 0.5) is 0 Å². The van der Waals surface area contributed by atoms with Crippen molar-refractivity contribution in [3.63, 3.8) is 0 Å². The molecule has 2 aromatic rings. The Morgan fingerprint density at radius 1 is 1.37 bits per heavy atom. The number of sulfonamides is 1. The summed E-state index contributed by atoms with van der Waals surface area (Å²) in [5, 5.41) is 1.57. The SMILES string of the molecule is CC(C)S(=O)(=O)NCc1ccnc(-c2cccs2)c1. The second kappa shape index (κ2) is 5.81. The van der Waals surface area contributed by atoms with E-state index in [1.165, 1.54) is 0 Å². The maximum atomic E-state index is 11.7. The molecule has 0 spiro atoms. The number of nitrogens with zero attached hydrogens (tertiary/aromatic N) is 1. The molecular formula is C13H16N2O2S2. The van der Waals surface area contributed by atoms with Gasteiger partial charge in [0.15, 0.2) is 0 Å². The van der Waals surface area contributed by atoms with Crippen molar-refractivity contribution in [2.75, 3.05) is 0 Å². The minimum atomic E-state index is -3.23. The van der Waals surface area contributed by atoms with Gasteiger partial charge in [0.25, 0.3) is 0 Å². The van der Waals surface area contributed by atoms with Gasteiger partial charge >= 0.3 is 0 Å². The zero-order valence-corrected chi connectivity index (χ0v) is 12.5. The number of nitrogens with one attached hydrogen (secondary N) is 1. The van der Waals surface area contributed by atoms with Crippen molar-refractivity contribution in [3.8, 4) is 10.6 Å². The van der Waals surface area contributed by atoms with E-state index in [1.807, 2.05) is 29.6 Å². The Labute approximate surface area is 117 Å². The first-order chi connectivity index (χ1) is 8.99. The van der Waals surface area contributed by atoms with Gasteiger partial charge in [-0.05, 0) is 43.0 Å². The van der Waals surface area contributed by atoms with Crippen LogP contribution in [0.5, 0.6) is 0 Å². The molecule has 0 atom stereocenters. The van der Waals surface area contributed by atoms with E-state index in [-0.39, 0.29) is 0 Å². The molecule has 102 valence electrons. The molecule has 1 N–H and O–H groups in total. The smallest absolute Gasteiger partial charge is 0.214 e. The molecule has 0 saturated heterocycles. The van der Waals surface area contributed by atoms with Crippen LogP contribution in [0.2, 0.25) is 0 Å². The number of hydrogen-bond donors (Lipinski definition) is 1. The maximum absolute atomic E-state index is 11.7. The number of aromatic nitrogens is 1. The molecular weight excluding hydrogens is 280 g/mol. The normalized spacial score (nSPS) is 11.9. The zero-order chi connectivity index (χ0) is 13.9. The standard InChI is InChI=1S/C13H16N2O2S2/c1-10(2)19(16,17)15-9-11-5-6-14-12(8-11)13-4-3-7-18-13/h3-8,10,15H,9H2,1-2H3. The van der Waals surface area contributed by atoms with Crippen LogP contribution in [0, 0.1) is 0 Å². The Kier molecular flexibility index (Phi) is 4.34. The van der Waals surface area contributed by atoms with Crippen LogP contribution in [0.15, 0.2) is 35.8 Å². The Morgan fingerprint density at radius 3 is 2.79 bits per heavy atom. The molecule has 0 bridgehead atoms. The van der Waals surface area contributed by atoms with Gasteiger partial charge in [-0.2, -0.15) is 0 Å². The molecule has 0 radical (unpaired) electrons. The Morgan fingerprint density at radius 2 is 2.16 bits per heavy atom.